The minimum Gasteiger partial charge on any atom is -0.496 e. The fourth-order valence-corrected chi connectivity index (χ4v) is 3.30. The number of aromatic nitrogens is 4. The molecule has 0 fully saturated rings. The van der Waals surface area contributed by atoms with Crippen molar-refractivity contribution in [3.8, 4) is 16.6 Å². The third-order valence-corrected chi connectivity index (χ3v) is 4.74. The Balaban J connectivity index is 1.80. The number of carbonyl (C=O) groups excluding carboxylic acids is 1. The molecule has 24 heavy (non-hydrogen) atoms. The summed E-state index contributed by atoms with van der Waals surface area (Å²) in [5.41, 5.74) is 1.59. The number of hydrogen-bond donors (Lipinski definition) is 2. The quantitative estimate of drug-likeness (QED) is 0.743. The molecular weight excluding hydrogens is 326 g/mol. The van der Waals surface area contributed by atoms with Crippen LogP contribution in [0.15, 0.2) is 30.6 Å². The van der Waals surface area contributed by atoms with E-state index >= 15 is 0 Å². The number of methoxy groups -OCH3 is 1. The first-order valence-corrected chi connectivity index (χ1v) is 8.18. The highest BCUT2D eigenvalue weighted by atomic mass is 32.1. The first-order chi connectivity index (χ1) is 11.6. The number of thiazole rings is 1. The zero-order chi connectivity index (χ0) is 17.1. The third kappa shape index (κ3) is 3.13. The van der Waals surface area contributed by atoms with E-state index in [1.807, 2.05) is 31.2 Å². The van der Waals surface area contributed by atoms with E-state index in [0.717, 1.165) is 11.3 Å². The van der Waals surface area contributed by atoms with E-state index in [1.165, 1.54) is 17.7 Å². The summed E-state index contributed by atoms with van der Waals surface area (Å²) in [6, 6.07) is 7.43. The zero-order valence-corrected chi connectivity index (χ0v) is 14.3. The van der Waals surface area contributed by atoms with Crippen LogP contribution in [0.5, 0.6) is 5.75 Å². The number of H-pyrrole nitrogens is 1. The lowest BCUT2D eigenvalue weighted by Gasteiger charge is -2.16. The molecule has 0 aliphatic carbocycles. The van der Waals surface area contributed by atoms with E-state index in [0.29, 0.717) is 21.4 Å². The molecule has 0 radical (unpaired) electrons. The van der Waals surface area contributed by atoms with Crippen LogP contribution in [0.25, 0.3) is 10.8 Å². The maximum Gasteiger partial charge on any atom is 0.263 e. The monoisotopic (exact) mass is 343 g/mol. The van der Waals surface area contributed by atoms with Gasteiger partial charge in [-0.25, -0.2) is 9.97 Å². The molecule has 0 bridgehead atoms. The van der Waals surface area contributed by atoms with E-state index in [4.69, 9.17) is 4.74 Å². The Labute approximate surface area is 143 Å². The Kier molecular flexibility index (Phi) is 4.57. The van der Waals surface area contributed by atoms with E-state index in [1.54, 1.807) is 14.0 Å². The van der Waals surface area contributed by atoms with E-state index in [2.05, 4.69) is 25.5 Å². The maximum absolute atomic E-state index is 12.6. The molecule has 0 saturated carbocycles. The van der Waals surface area contributed by atoms with Gasteiger partial charge in [-0.15, -0.1) is 11.3 Å². The average Bonchev–Trinajstić information content (AvgIpc) is 3.24. The summed E-state index contributed by atoms with van der Waals surface area (Å²) < 4.78 is 5.35. The number of nitrogens with zero attached hydrogens (tertiary/aromatic N) is 3. The van der Waals surface area contributed by atoms with Gasteiger partial charge in [-0.3, -0.25) is 9.89 Å². The third-order valence-electron chi connectivity index (χ3n) is 3.57. The summed E-state index contributed by atoms with van der Waals surface area (Å²) in [6.07, 6.45) is 1.41. The lowest BCUT2D eigenvalue weighted by Crippen LogP contribution is -2.26. The van der Waals surface area contributed by atoms with Crippen LogP contribution in [0, 0.1) is 6.92 Å². The predicted octanol–water partition coefficient (Wildman–Crippen LogP) is 2.74. The largest absolute Gasteiger partial charge is 0.496 e. The van der Waals surface area contributed by atoms with Crippen LogP contribution in [0.4, 0.5) is 0 Å². The molecule has 0 spiro atoms. The van der Waals surface area contributed by atoms with Gasteiger partial charge >= 0.3 is 0 Å². The Hall–Kier alpha value is -2.74. The van der Waals surface area contributed by atoms with Gasteiger partial charge in [0.1, 0.15) is 17.0 Å². The second kappa shape index (κ2) is 6.79. The second-order valence-electron chi connectivity index (χ2n) is 5.20. The number of benzene rings is 1. The number of ether oxygens (including phenoxy) is 1. The van der Waals surface area contributed by atoms with Crippen LogP contribution in [-0.2, 0) is 0 Å². The van der Waals surface area contributed by atoms with Crippen molar-refractivity contribution in [1.29, 1.82) is 0 Å². The number of aromatic amines is 1. The standard InChI is InChI=1S/C16H17N5O2S/c1-9(11-6-4-5-7-12(11)23-3)19-15(22)13-10(2)20-16(24-13)14-17-8-18-21-14/h4-9H,1-3H3,(H,19,22)(H,17,18,21)/t9-/m1/s1. The van der Waals surface area contributed by atoms with Crippen LogP contribution < -0.4 is 10.1 Å². The number of amides is 1. The molecule has 7 nitrogen and oxygen atoms in total. The van der Waals surface area contributed by atoms with E-state index in [9.17, 15) is 4.79 Å². The van der Waals surface area contributed by atoms with Crippen LogP contribution in [-0.4, -0.2) is 33.2 Å². The van der Waals surface area contributed by atoms with Crippen molar-refractivity contribution in [2.45, 2.75) is 19.9 Å². The molecule has 3 rings (SSSR count). The van der Waals surface area contributed by atoms with E-state index < -0.39 is 0 Å². The molecule has 8 heteroatoms. The molecule has 1 aromatic carbocycles. The summed E-state index contributed by atoms with van der Waals surface area (Å²) in [5.74, 6) is 1.13. The van der Waals surface area contributed by atoms with Crippen molar-refractivity contribution < 1.29 is 9.53 Å². The van der Waals surface area contributed by atoms with Gasteiger partial charge in [-0.1, -0.05) is 18.2 Å². The molecule has 3 aromatic rings. The number of rotatable bonds is 5. The Morgan fingerprint density at radius 1 is 1.38 bits per heavy atom. The molecule has 2 N–H and O–H groups in total. The topological polar surface area (TPSA) is 92.8 Å². The minimum absolute atomic E-state index is 0.172. The summed E-state index contributed by atoms with van der Waals surface area (Å²) >= 11 is 1.28. The first-order valence-electron chi connectivity index (χ1n) is 7.37. The van der Waals surface area contributed by atoms with Gasteiger partial charge in [0.2, 0.25) is 0 Å². The lowest BCUT2D eigenvalue weighted by atomic mass is 10.1. The van der Waals surface area contributed by atoms with Crippen LogP contribution in [0.2, 0.25) is 0 Å². The van der Waals surface area contributed by atoms with Crippen LogP contribution in [0.3, 0.4) is 0 Å². The maximum atomic E-state index is 12.6. The number of nitrogens with one attached hydrogen (secondary N) is 2. The molecule has 2 aromatic heterocycles. The Morgan fingerprint density at radius 2 is 2.17 bits per heavy atom. The molecule has 1 atom stereocenters. The fraction of sp³-hybridized carbons (Fsp3) is 0.250. The molecule has 0 aliphatic heterocycles. The highest BCUT2D eigenvalue weighted by Crippen LogP contribution is 2.27. The minimum atomic E-state index is -0.191. The average molecular weight is 343 g/mol. The van der Waals surface area contributed by atoms with Crippen LogP contribution >= 0.6 is 11.3 Å². The van der Waals surface area contributed by atoms with Gasteiger partial charge in [0.05, 0.1) is 18.8 Å². The summed E-state index contributed by atoms with van der Waals surface area (Å²) in [7, 11) is 1.62. The van der Waals surface area contributed by atoms with Crippen molar-refractivity contribution in [2.24, 2.45) is 0 Å². The van der Waals surface area contributed by atoms with Gasteiger partial charge in [-0.2, -0.15) is 5.10 Å². The van der Waals surface area contributed by atoms with Crippen molar-refractivity contribution in [1.82, 2.24) is 25.5 Å². The second-order valence-corrected chi connectivity index (χ2v) is 6.20. The number of aryl methyl sites for hydroxylation is 1. The Bertz CT molecular complexity index is 844. The van der Waals surface area contributed by atoms with Crippen molar-refractivity contribution in [3.05, 3.63) is 46.7 Å². The molecule has 0 unspecified atom stereocenters. The predicted molar refractivity (Wildman–Crippen MR) is 91.1 cm³/mol. The van der Waals surface area contributed by atoms with Gasteiger partial charge in [0.25, 0.3) is 5.91 Å². The van der Waals surface area contributed by atoms with Crippen molar-refractivity contribution in [3.63, 3.8) is 0 Å². The van der Waals surface area contributed by atoms with E-state index in [-0.39, 0.29) is 11.9 Å². The number of para-hydroxylation sites is 1. The van der Waals surface area contributed by atoms with Gasteiger partial charge < -0.3 is 10.1 Å². The highest BCUT2D eigenvalue weighted by molar-refractivity contribution is 7.17. The smallest absolute Gasteiger partial charge is 0.263 e. The van der Waals surface area contributed by atoms with Gasteiger partial charge in [0, 0.05) is 5.56 Å². The number of hydrogen-bond acceptors (Lipinski definition) is 6. The normalized spacial score (nSPS) is 12.0. The molecule has 0 aliphatic rings. The van der Waals surface area contributed by atoms with Crippen molar-refractivity contribution >= 4 is 17.2 Å². The van der Waals surface area contributed by atoms with Gasteiger partial charge in [-0.05, 0) is 19.9 Å². The molecule has 124 valence electrons. The Morgan fingerprint density at radius 3 is 2.88 bits per heavy atom. The lowest BCUT2D eigenvalue weighted by molar-refractivity contribution is 0.0943. The molecule has 0 saturated heterocycles. The molecular formula is C16H17N5O2S. The van der Waals surface area contributed by atoms with Crippen molar-refractivity contribution in [2.75, 3.05) is 7.11 Å². The SMILES string of the molecule is COc1ccccc1[C@@H](C)NC(=O)c1sc(-c2ncn[nH]2)nc1C. The first kappa shape index (κ1) is 16.1. The fourth-order valence-electron chi connectivity index (χ4n) is 2.38. The molecule has 2 heterocycles. The molecule has 1 amide bonds. The van der Waals surface area contributed by atoms with Gasteiger partial charge in [0.15, 0.2) is 10.8 Å². The summed E-state index contributed by atoms with van der Waals surface area (Å²) in [5, 5.41) is 10.2. The number of carbonyl (C=O) groups is 1. The summed E-state index contributed by atoms with van der Waals surface area (Å²) in [4.78, 5) is 21.6. The highest BCUT2D eigenvalue weighted by Gasteiger charge is 2.20. The van der Waals surface area contributed by atoms with Crippen LogP contribution in [0.1, 0.15) is 33.9 Å². The zero-order valence-electron chi connectivity index (χ0n) is 13.5. The summed E-state index contributed by atoms with van der Waals surface area (Å²) in [6.45, 7) is 3.72.